The number of hydrogen-bond donors (Lipinski definition) is 1. The van der Waals surface area contributed by atoms with Crippen molar-refractivity contribution in [1.29, 1.82) is 0 Å². The van der Waals surface area contributed by atoms with Crippen LogP contribution >= 0.6 is 22.7 Å². The van der Waals surface area contributed by atoms with Crippen molar-refractivity contribution in [2.45, 2.75) is 19.9 Å². The first kappa shape index (κ1) is 16.7. The van der Waals surface area contributed by atoms with Gasteiger partial charge in [-0.05, 0) is 70.8 Å². The SMILES string of the molecule is Cc1cc(C)n([C@H](CNC(=O)/C=C/c2ccsc2)c2ccsc2)n1. The molecule has 3 aromatic rings. The first-order valence-electron chi connectivity index (χ1n) is 7.66. The second-order valence-corrected chi connectivity index (χ2v) is 7.14. The first-order chi connectivity index (χ1) is 11.6. The number of nitrogens with one attached hydrogen (secondary N) is 1. The van der Waals surface area contributed by atoms with E-state index in [2.05, 4.69) is 27.9 Å². The highest BCUT2D eigenvalue weighted by Crippen LogP contribution is 2.22. The van der Waals surface area contributed by atoms with Gasteiger partial charge in [0.25, 0.3) is 0 Å². The quantitative estimate of drug-likeness (QED) is 0.677. The Hall–Kier alpha value is -2.18. The summed E-state index contributed by atoms with van der Waals surface area (Å²) < 4.78 is 1.99. The van der Waals surface area contributed by atoms with Gasteiger partial charge in [0.2, 0.25) is 5.91 Å². The normalized spacial score (nSPS) is 12.6. The van der Waals surface area contributed by atoms with E-state index in [1.807, 2.05) is 46.8 Å². The monoisotopic (exact) mass is 357 g/mol. The lowest BCUT2D eigenvalue weighted by Crippen LogP contribution is -2.30. The van der Waals surface area contributed by atoms with Gasteiger partial charge in [0.15, 0.2) is 0 Å². The van der Waals surface area contributed by atoms with E-state index in [1.165, 1.54) is 0 Å². The molecule has 4 nitrogen and oxygen atoms in total. The summed E-state index contributed by atoms with van der Waals surface area (Å²) in [5, 5.41) is 15.7. The molecule has 1 atom stereocenters. The molecule has 24 heavy (non-hydrogen) atoms. The summed E-state index contributed by atoms with van der Waals surface area (Å²) in [6.07, 6.45) is 3.41. The fourth-order valence-electron chi connectivity index (χ4n) is 2.57. The number of amides is 1. The third-order valence-corrected chi connectivity index (χ3v) is 5.11. The first-order valence-corrected chi connectivity index (χ1v) is 9.55. The summed E-state index contributed by atoms with van der Waals surface area (Å²) >= 11 is 3.27. The van der Waals surface area contributed by atoms with E-state index in [1.54, 1.807) is 28.7 Å². The van der Waals surface area contributed by atoms with Crippen molar-refractivity contribution in [3.8, 4) is 0 Å². The molecule has 6 heteroatoms. The Morgan fingerprint density at radius 3 is 2.71 bits per heavy atom. The van der Waals surface area contributed by atoms with E-state index >= 15 is 0 Å². The van der Waals surface area contributed by atoms with Gasteiger partial charge in [-0.1, -0.05) is 0 Å². The van der Waals surface area contributed by atoms with E-state index in [-0.39, 0.29) is 11.9 Å². The van der Waals surface area contributed by atoms with Gasteiger partial charge in [-0.2, -0.15) is 27.8 Å². The summed E-state index contributed by atoms with van der Waals surface area (Å²) in [6.45, 7) is 4.53. The van der Waals surface area contributed by atoms with E-state index in [4.69, 9.17) is 0 Å². The maximum atomic E-state index is 12.1. The van der Waals surface area contributed by atoms with Crippen LogP contribution in [0.2, 0.25) is 0 Å². The van der Waals surface area contributed by atoms with Crippen molar-refractivity contribution in [3.63, 3.8) is 0 Å². The molecule has 0 aliphatic heterocycles. The van der Waals surface area contributed by atoms with Crippen molar-refractivity contribution >= 4 is 34.7 Å². The van der Waals surface area contributed by atoms with E-state index in [0.717, 1.165) is 22.5 Å². The summed E-state index contributed by atoms with van der Waals surface area (Å²) in [4.78, 5) is 12.1. The Labute approximate surface area is 149 Å². The highest BCUT2D eigenvalue weighted by Gasteiger charge is 2.18. The number of nitrogens with zero attached hydrogens (tertiary/aromatic N) is 2. The molecule has 0 radical (unpaired) electrons. The zero-order valence-corrected chi connectivity index (χ0v) is 15.2. The summed E-state index contributed by atoms with van der Waals surface area (Å²) in [5.74, 6) is -0.0945. The Kier molecular flexibility index (Phi) is 5.27. The maximum absolute atomic E-state index is 12.1. The number of aryl methyl sites for hydroxylation is 2. The molecule has 0 unspecified atom stereocenters. The lowest BCUT2D eigenvalue weighted by atomic mass is 10.1. The molecule has 0 aromatic carbocycles. The fraction of sp³-hybridized carbons (Fsp3) is 0.222. The van der Waals surface area contributed by atoms with Crippen LogP contribution in [-0.4, -0.2) is 22.2 Å². The predicted molar refractivity (Wildman–Crippen MR) is 101 cm³/mol. The van der Waals surface area contributed by atoms with Crippen LogP contribution in [0.5, 0.6) is 0 Å². The molecule has 0 aliphatic rings. The van der Waals surface area contributed by atoms with Gasteiger partial charge in [0.1, 0.15) is 0 Å². The smallest absolute Gasteiger partial charge is 0.244 e. The van der Waals surface area contributed by atoms with Crippen LogP contribution in [-0.2, 0) is 4.79 Å². The Bertz CT molecular complexity index is 817. The summed E-state index contributed by atoms with van der Waals surface area (Å²) in [5.41, 5.74) is 4.28. The van der Waals surface area contributed by atoms with E-state index in [0.29, 0.717) is 6.54 Å². The molecule has 0 aliphatic carbocycles. The number of rotatable bonds is 6. The minimum absolute atomic E-state index is 0.00319. The zero-order chi connectivity index (χ0) is 16.9. The summed E-state index contributed by atoms with van der Waals surface area (Å²) in [6, 6.07) is 6.12. The Morgan fingerprint density at radius 2 is 2.08 bits per heavy atom. The van der Waals surface area contributed by atoms with Crippen LogP contribution in [0.25, 0.3) is 6.08 Å². The van der Waals surface area contributed by atoms with Gasteiger partial charge in [-0.3, -0.25) is 9.48 Å². The van der Waals surface area contributed by atoms with Crippen molar-refractivity contribution in [2.75, 3.05) is 6.54 Å². The van der Waals surface area contributed by atoms with E-state index < -0.39 is 0 Å². The highest BCUT2D eigenvalue weighted by atomic mass is 32.1. The molecule has 0 bridgehead atoms. The molecular formula is C18H19N3OS2. The Morgan fingerprint density at radius 1 is 1.29 bits per heavy atom. The number of carbonyl (C=O) groups excluding carboxylic acids is 1. The van der Waals surface area contributed by atoms with Crippen molar-refractivity contribution in [1.82, 2.24) is 15.1 Å². The molecule has 0 fully saturated rings. The predicted octanol–water partition coefficient (Wildman–Crippen LogP) is 4.04. The second-order valence-electron chi connectivity index (χ2n) is 5.58. The molecular weight excluding hydrogens is 338 g/mol. The van der Waals surface area contributed by atoms with Crippen LogP contribution in [0, 0.1) is 13.8 Å². The zero-order valence-electron chi connectivity index (χ0n) is 13.6. The van der Waals surface area contributed by atoms with Crippen LogP contribution in [0.15, 0.2) is 45.8 Å². The topological polar surface area (TPSA) is 46.9 Å². The minimum Gasteiger partial charge on any atom is -0.350 e. The molecule has 0 spiro atoms. The number of hydrogen-bond acceptors (Lipinski definition) is 4. The van der Waals surface area contributed by atoms with Gasteiger partial charge in [0.05, 0.1) is 11.7 Å². The van der Waals surface area contributed by atoms with Gasteiger partial charge in [0, 0.05) is 18.3 Å². The van der Waals surface area contributed by atoms with Crippen LogP contribution < -0.4 is 5.32 Å². The molecule has 3 heterocycles. The maximum Gasteiger partial charge on any atom is 0.244 e. The third-order valence-electron chi connectivity index (χ3n) is 3.71. The van der Waals surface area contributed by atoms with Gasteiger partial charge >= 0.3 is 0 Å². The average Bonchev–Trinajstić information content (AvgIpc) is 3.29. The molecule has 0 saturated carbocycles. The lowest BCUT2D eigenvalue weighted by Gasteiger charge is -2.18. The van der Waals surface area contributed by atoms with Crippen LogP contribution in [0.3, 0.4) is 0 Å². The van der Waals surface area contributed by atoms with Crippen molar-refractivity contribution in [2.24, 2.45) is 0 Å². The largest absolute Gasteiger partial charge is 0.350 e. The lowest BCUT2D eigenvalue weighted by molar-refractivity contribution is -0.116. The fourth-order valence-corrected chi connectivity index (χ4v) is 3.91. The molecule has 3 aromatic heterocycles. The van der Waals surface area contributed by atoms with Crippen LogP contribution in [0.4, 0.5) is 0 Å². The standard InChI is InChI=1S/C18H19N3OS2/c1-13-9-14(2)21(20-13)17(16-6-8-24-12-16)10-19-18(22)4-3-15-5-7-23-11-15/h3-9,11-12,17H,10H2,1-2H3,(H,19,22)/b4-3+/t17-/m1/s1. The summed E-state index contributed by atoms with van der Waals surface area (Å²) in [7, 11) is 0. The van der Waals surface area contributed by atoms with Crippen molar-refractivity contribution < 1.29 is 4.79 Å². The Balaban J connectivity index is 1.71. The molecule has 1 amide bonds. The highest BCUT2D eigenvalue weighted by molar-refractivity contribution is 7.08. The molecule has 124 valence electrons. The van der Waals surface area contributed by atoms with Gasteiger partial charge in [-0.15, -0.1) is 0 Å². The number of thiophene rings is 2. The van der Waals surface area contributed by atoms with Crippen molar-refractivity contribution in [3.05, 3.63) is 68.3 Å². The minimum atomic E-state index is -0.0945. The average molecular weight is 358 g/mol. The van der Waals surface area contributed by atoms with Crippen LogP contribution in [0.1, 0.15) is 28.6 Å². The molecule has 1 N–H and O–H groups in total. The van der Waals surface area contributed by atoms with Gasteiger partial charge in [-0.25, -0.2) is 0 Å². The number of aromatic nitrogens is 2. The van der Waals surface area contributed by atoms with Gasteiger partial charge < -0.3 is 5.32 Å². The molecule has 3 rings (SSSR count). The molecule has 0 saturated heterocycles. The third kappa shape index (κ3) is 4.01. The number of carbonyl (C=O) groups is 1. The second kappa shape index (κ2) is 7.59. The van der Waals surface area contributed by atoms with E-state index in [9.17, 15) is 4.79 Å².